The summed E-state index contributed by atoms with van der Waals surface area (Å²) >= 11 is 0. The fourth-order valence-electron chi connectivity index (χ4n) is 3.82. The van der Waals surface area contributed by atoms with Gasteiger partial charge in [-0.15, -0.1) is 0 Å². The van der Waals surface area contributed by atoms with Gasteiger partial charge in [-0.3, -0.25) is 4.79 Å². The Balaban J connectivity index is 1.50. The molecule has 0 aliphatic heterocycles. The van der Waals surface area contributed by atoms with Gasteiger partial charge in [-0.1, -0.05) is 31.2 Å². The molecule has 1 N–H and O–H groups in total. The van der Waals surface area contributed by atoms with Gasteiger partial charge >= 0.3 is 0 Å². The number of ether oxygens (including phenoxy) is 2. The van der Waals surface area contributed by atoms with E-state index >= 15 is 0 Å². The van der Waals surface area contributed by atoms with Crippen LogP contribution in [-0.4, -0.2) is 29.2 Å². The molecule has 1 heterocycles. The summed E-state index contributed by atoms with van der Waals surface area (Å²) in [6.45, 7) is 5.20. The summed E-state index contributed by atoms with van der Waals surface area (Å²) in [6, 6.07) is 22.9. The Bertz CT molecular complexity index is 1210. The van der Waals surface area contributed by atoms with E-state index in [0.717, 1.165) is 29.0 Å². The minimum Gasteiger partial charge on any atom is -0.497 e. The number of imidazole rings is 1. The van der Waals surface area contributed by atoms with Crippen LogP contribution in [0.1, 0.15) is 41.6 Å². The molecule has 6 nitrogen and oxygen atoms in total. The second kappa shape index (κ2) is 10.2. The minimum atomic E-state index is -0.282. The number of carbonyl (C=O) groups is 1. The van der Waals surface area contributed by atoms with Crippen LogP contribution in [0.15, 0.2) is 72.8 Å². The maximum Gasteiger partial charge on any atom is 0.251 e. The Morgan fingerprint density at radius 3 is 2.39 bits per heavy atom. The number of nitrogens with zero attached hydrogens (tertiary/aromatic N) is 2. The molecule has 3 aromatic carbocycles. The van der Waals surface area contributed by atoms with E-state index < -0.39 is 0 Å². The second-order valence-corrected chi connectivity index (χ2v) is 7.88. The number of carbonyl (C=O) groups excluding carboxylic acids is 1. The van der Waals surface area contributed by atoms with Crippen molar-refractivity contribution in [2.75, 3.05) is 13.7 Å². The first-order valence-electron chi connectivity index (χ1n) is 11.2. The molecule has 0 aliphatic rings. The van der Waals surface area contributed by atoms with Crippen LogP contribution >= 0.6 is 0 Å². The van der Waals surface area contributed by atoms with Crippen LogP contribution < -0.4 is 14.8 Å². The van der Waals surface area contributed by atoms with Crippen molar-refractivity contribution in [2.24, 2.45) is 0 Å². The lowest BCUT2D eigenvalue weighted by molar-refractivity contribution is 0.0937. The first-order chi connectivity index (χ1) is 16.1. The SMILES string of the molecule is CCc1ccc(OCCn2c(C(C)NC(=O)c3ccc(OC)cc3)nc3ccccc32)cc1. The number of rotatable bonds is 9. The highest BCUT2D eigenvalue weighted by Gasteiger charge is 2.19. The quantitative estimate of drug-likeness (QED) is 0.387. The fourth-order valence-corrected chi connectivity index (χ4v) is 3.82. The zero-order valence-electron chi connectivity index (χ0n) is 19.2. The van der Waals surface area contributed by atoms with Crippen LogP contribution in [0.2, 0.25) is 0 Å². The molecule has 0 saturated heterocycles. The number of fused-ring (bicyclic) bond motifs is 1. The Labute approximate surface area is 194 Å². The lowest BCUT2D eigenvalue weighted by atomic mass is 10.2. The van der Waals surface area contributed by atoms with E-state index in [9.17, 15) is 4.79 Å². The van der Waals surface area contributed by atoms with Gasteiger partial charge in [0.15, 0.2) is 0 Å². The number of hydrogen-bond acceptors (Lipinski definition) is 4. The van der Waals surface area contributed by atoms with E-state index in [0.29, 0.717) is 24.5 Å². The molecule has 1 aromatic heterocycles. The van der Waals surface area contributed by atoms with E-state index in [1.807, 2.05) is 43.3 Å². The smallest absolute Gasteiger partial charge is 0.251 e. The average Bonchev–Trinajstić information content (AvgIpc) is 3.23. The summed E-state index contributed by atoms with van der Waals surface area (Å²) in [7, 11) is 1.60. The zero-order chi connectivity index (χ0) is 23.2. The maximum absolute atomic E-state index is 12.8. The molecule has 1 unspecified atom stereocenters. The normalized spacial score (nSPS) is 11.8. The van der Waals surface area contributed by atoms with Gasteiger partial charge in [0.25, 0.3) is 5.91 Å². The number of amides is 1. The molecule has 1 atom stereocenters. The highest BCUT2D eigenvalue weighted by atomic mass is 16.5. The standard InChI is InChI=1S/C27H29N3O3/c1-4-20-9-13-23(14-10-20)33-18-17-30-25-8-6-5-7-24(25)29-26(30)19(2)28-27(31)21-11-15-22(32-3)16-12-21/h5-16,19H,4,17-18H2,1-3H3,(H,28,31). The lowest BCUT2D eigenvalue weighted by Crippen LogP contribution is -2.29. The number of hydrogen-bond donors (Lipinski definition) is 1. The zero-order valence-corrected chi connectivity index (χ0v) is 19.2. The molecule has 33 heavy (non-hydrogen) atoms. The van der Waals surface area contributed by atoms with Crippen molar-refractivity contribution in [3.63, 3.8) is 0 Å². The Morgan fingerprint density at radius 1 is 1.00 bits per heavy atom. The van der Waals surface area contributed by atoms with Gasteiger partial charge in [-0.05, 0) is 67.4 Å². The predicted molar refractivity (Wildman–Crippen MR) is 130 cm³/mol. The molecule has 0 aliphatic carbocycles. The summed E-state index contributed by atoms with van der Waals surface area (Å²) in [6.07, 6.45) is 1.00. The van der Waals surface area contributed by atoms with E-state index in [4.69, 9.17) is 14.5 Å². The van der Waals surface area contributed by atoms with Crippen molar-refractivity contribution >= 4 is 16.9 Å². The first kappa shape index (κ1) is 22.4. The third-order valence-corrected chi connectivity index (χ3v) is 5.69. The molecule has 4 rings (SSSR count). The van der Waals surface area contributed by atoms with E-state index in [2.05, 4.69) is 28.9 Å². The van der Waals surface area contributed by atoms with Crippen LogP contribution in [0.3, 0.4) is 0 Å². The number of para-hydroxylation sites is 2. The monoisotopic (exact) mass is 443 g/mol. The van der Waals surface area contributed by atoms with Crippen molar-refractivity contribution in [3.8, 4) is 11.5 Å². The van der Waals surface area contributed by atoms with Gasteiger partial charge in [0.05, 0.1) is 30.7 Å². The van der Waals surface area contributed by atoms with Crippen molar-refractivity contribution in [1.82, 2.24) is 14.9 Å². The molecule has 6 heteroatoms. The second-order valence-electron chi connectivity index (χ2n) is 7.88. The number of nitrogens with one attached hydrogen (secondary N) is 1. The molecule has 0 spiro atoms. The van der Waals surface area contributed by atoms with E-state index in [-0.39, 0.29) is 11.9 Å². The van der Waals surface area contributed by atoms with Gasteiger partial charge in [0.1, 0.15) is 23.9 Å². The third kappa shape index (κ3) is 5.17. The summed E-state index contributed by atoms with van der Waals surface area (Å²) < 4.78 is 13.3. The van der Waals surface area contributed by atoms with Crippen molar-refractivity contribution in [1.29, 1.82) is 0 Å². The number of aromatic nitrogens is 2. The maximum atomic E-state index is 12.8. The number of aryl methyl sites for hydroxylation is 1. The average molecular weight is 444 g/mol. The Morgan fingerprint density at radius 2 is 1.70 bits per heavy atom. The van der Waals surface area contributed by atoms with Gasteiger partial charge < -0.3 is 19.4 Å². The first-order valence-corrected chi connectivity index (χ1v) is 11.2. The molecule has 1 amide bonds. The third-order valence-electron chi connectivity index (χ3n) is 5.69. The van der Waals surface area contributed by atoms with E-state index in [1.165, 1.54) is 5.56 Å². The fraction of sp³-hybridized carbons (Fsp3) is 0.259. The summed E-state index contributed by atoms with van der Waals surface area (Å²) in [5.41, 5.74) is 3.77. The Hall–Kier alpha value is -3.80. The summed E-state index contributed by atoms with van der Waals surface area (Å²) in [4.78, 5) is 17.6. The molecule has 0 saturated carbocycles. The number of methoxy groups -OCH3 is 1. The minimum absolute atomic E-state index is 0.156. The molecule has 170 valence electrons. The van der Waals surface area contributed by atoms with Crippen LogP contribution in [0.4, 0.5) is 0 Å². The summed E-state index contributed by atoms with van der Waals surface area (Å²) in [5, 5.41) is 3.07. The van der Waals surface area contributed by atoms with E-state index in [1.54, 1.807) is 31.4 Å². The molecule has 4 aromatic rings. The van der Waals surface area contributed by atoms with Crippen molar-refractivity contribution < 1.29 is 14.3 Å². The highest BCUT2D eigenvalue weighted by molar-refractivity contribution is 5.94. The lowest BCUT2D eigenvalue weighted by Gasteiger charge is -2.17. The highest BCUT2D eigenvalue weighted by Crippen LogP contribution is 2.22. The largest absolute Gasteiger partial charge is 0.497 e. The van der Waals surface area contributed by atoms with Crippen LogP contribution in [0.25, 0.3) is 11.0 Å². The predicted octanol–water partition coefficient (Wildman–Crippen LogP) is 5.18. The van der Waals surface area contributed by atoms with Crippen LogP contribution in [0, 0.1) is 0 Å². The van der Waals surface area contributed by atoms with Gasteiger partial charge in [-0.2, -0.15) is 0 Å². The molecular formula is C27H29N3O3. The Kier molecular flexibility index (Phi) is 6.93. The van der Waals surface area contributed by atoms with Gasteiger partial charge in [0, 0.05) is 5.56 Å². The molecule has 0 bridgehead atoms. The topological polar surface area (TPSA) is 65.4 Å². The molecular weight excluding hydrogens is 414 g/mol. The van der Waals surface area contributed by atoms with Crippen molar-refractivity contribution in [2.45, 2.75) is 32.9 Å². The summed E-state index contributed by atoms with van der Waals surface area (Å²) in [5.74, 6) is 2.20. The molecule has 0 fully saturated rings. The number of benzene rings is 3. The molecule has 0 radical (unpaired) electrons. The van der Waals surface area contributed by atoms with Crippen LogP contribution in [0.5, 0.6) is 11.5 Å². The van der Waals surface area contributed by atoms with Gasteiger partial charge in [0.2, 0.25) is 0 Å². The van der Waals surface area contributed by atoms with Gasteiger partial charge in [-0.25, -0.2) is 4.98 Å². The van der Waals surface area contributed by atoms with Crippen molar-refractivity contribution in [3.05, 3.63) is 89.7 Å². The van der Waals surface area contributed by atoms with Crippen LogP contribution in [-0.2, 0) is 13.0 Å².